The van der Waals surface area contributed by atoms with Gasteiger partial charge >= 0.3 is 0 Å². The highest BCUT2D eigenvalue weighted by Gasteiger charge is 2.07. The molecule has 0 bridgehead atoms. The van der Waals surface area contributed by atoms with Gasteiger partial charge in [0.25, 0.3) is 0 Å². The van der Waals surface area contributed by atoms with Crippen LogP contribution in [0.15, 0.2) is 26.3 Å². The van der Waals surface area contributed by atoms with E-state index in [0.717, 1.165) is 12.5 Å². The molecule has 2 rings (SSSR count). The van der Waals surface area contributed by atoms with E-state index < -0.39 is 0 Å². The molecule has 0 radical (unpaired) electrons. The number of thiophene rings is 1. The number of halogens is 1. The molecule has 0 aliphatic heterocycles. The van der Waals surface area contributed by atoms with E-state index in [-0.39, 0.29) is 24.0 Å². The Morgan fingerprint density at radius 1 is 1.45 bits per heavy atom. The quantitative estimate of drug-likeness (QED) is 0.415. The van der Waals surface area contributed by atoms with Crippen LogP contribution in [-0.4, -0.2) is 36.2 Å². The van der Waals surface area contributed by atoms with Crippen molar-refractivity contribution < 1.29 is 4.52 Å². The maximum Gasteiger partial charge on any atom is 0.228 e. The summed E-state index contributed by atoms with van der Waals surface area (Å²) < 4.78 is 5.07. The molecule has 0 aliphatic carbocycles. The summed E-state index contributed by atoms with van der Waals surface area (Å²) in [5.41, 5.74) is 1.35. The topological polar surface area (TPSA) is 75.3 Å². The number of aryl methyl sites for hydroxylation is 1. The van der Waals surface area contributed by atoms with Crippen LogP contribution in [0.1, 0.15) is 30.1 Å². The normalized spacial score (nSPS) is 12.6. The van der Waals surface area contributed by atoms with Crippen molar-refractivity contribution in [3.63, 3.8) is 0 Å². The molecule has 1 atom stereocenters. The van der Waals surface area contributed by atoms with Gasteiger partial charge in [0.2, 0.25) is 5.89 Å². The lowest BCUT2D eigenvalue weighted by Crippen LogP contribution is -2.39. The van der Waals surface area contributed by atoms with Crippen LogP contribution in [0.5, 0.6) is 0 Å². The van der Waals surface area contributed by atoms with Gasteiger partial charge in [-0.05, 0) is 35.2 Å². The van der Waals surface area contributed by atoms with Gasteiger partial charge in [-0.2, -0.15) is 16.3 Å². The number of guanidine groups is 1. The second-order valence-electron chi connectivity index (χ2n) is 4.82. The standard InChI is InChI=1S/C14H21N5OS.HI/c1-10(12-5-7-21-9-12)8-17-14(15-3)16-6-4-13-18-11(2)19-20-13;/h5,7,9-10H,4,6,8H2,1-3H3,(H2,15,16,17);1H. The van der Waals surface area contributed by atoms with Gasteiger partial charge in [-0.25, -0.2) is 0 Å². The highest BCUT2D eigenvalue weighted by molar-refractivity contribution is 14.0. The van der Waals surface area contributed by atoms with Gasteiger partial charge < -0.3 is 15.2 Å². The number of hydrogen-bond acceptors (Lipinski definition) is 5. The molecule has 8 heteroatoms. The van der Waals surface area contributed by atoms with E-state index in [0.29, 0.717) is 30.6 Å². The summed E-state index contributed by atoms with van der Waals surface area (Å²) >= 11 is 1.72. The fraction of sp³-hybridized carbons (Fsp3) is 0.500. The van der Waals surface area contributed by atoms with Crippen molar-refractivity contribution in [1.82, 2.24) is 20.8 Å². The summed E-state index contributed by atoms with van der Waals surface area (Å²) in [4.78, 5) is 8.37. The minimum Gasteiger partial charge on any atom is -0.356 e. The molecular formula is C14H22IN5OS. The average Bonchev–Trinajstić information content (AvgIpc) is 3.14. The van der Waals surface area contributed by atoms with Gasteiger partial charge in [0.1, 0.15) is 0 Å². The van der Waals surface area contributed by atoms with E-state index in [2.05, 4.69) is 49.5 Å². The highest BCUT2D eigenvalue weighted by Crippen LogP contribution is 2.16. The molecule has 6 nitrogen and oxygen atoms in total. The summed E-state index contributed by atoms with van der Waals surface area (Å²) in [6.45, 7) is 5.56. The van der Waals surface area contributed by atoms with E-state index in [1.165, 1.54) is 5.56 Å². The third-order valence-corrected chi connectivity index (χ3v) is 3.81. The molecule has 0 saturated carbocycles. The average molecular weight is 435 g/mol. The van der Waals surface area contributed by atoms with Gasteiger partial charge in [0.15, 0.2) is 11.8 Å². The SMILES string of the molecule is CN=C(NCCc1nc(C)no1)NCC(C)c1ccsc1.I. The van der Waals surface area contributed by atoms with E-state index in [4.69, 9.17) is 4.52 Å². The molecule has 122 valence electrons. The summed E-state index contributed by atoms with van der Waals surface area (Å²) in [5, 5.41) is 14.6. The van der Waals surface area contributed by atoms with Crippen LogP contribution in [0.3, 0.4) is 0 Å². The first kappa shape index (κ1) is 18.9. The lowest BCUT2D eigenvalue weighted by Gasteiger charge is -2.15. The van der Waals surface area contributed by atoms with Crippen LogP contribution in [0.4, 0.5) is 0 Å². The van der Waals surface area contributed by atoms with E-state index in [1.807, 2.05) is 6.92 Å². The molecule has 22 heavy (non-hydrogen) atoms. The first-order valence-corrected chi connectivity index (χ1v) is 7.89. The first-order valence-electron chi connectivity index (χ1n) is 6.95. The molecule has 0 spiro atoms. The van der Waals surface area contributed by atoms with E-state index in [1.54, 1.807) is 18.4 Å². The molecular weight excluding hydrogens is 413 g/mol. The second-order valence-corrected chi connectivity index (χ2v) is 5.60. The third-order valence-electron chi connectivity index (χ3n) is 3.11. The number of aliphatic imine (C=N–C) groups is 1. The maximum absolute atomic E-state index is 5.07. The summed E-state index contributed by atoms with van der Waals surface area (Å²) in [6, 6.07) is 2.16. The Hall–Kier alpha value is -1.16. The molecule has 2 aromatic rings. The number of hydrogen-bond donors (Lipinski definition) is 2. The van der Waals surface area contributed by atoms with Crippen LogP contribution in [0.2, 0.25) is 0 Å². The van der Waals surface area contributed by atoms with Gasteiger partial charge in [-0.1, -0.05) is 12.1 Å². The molecule has 1 unspecified atom stereocenters. The Bertz CT molecular complexity index is 570. The molecule has 0 aromatic carbocycles. The van der Waals surface area contributed by atoms with Crippen molar-refractivity contribution >= 4 is 41.3 Å². The molecule has 0 amide bonds. The largest absolute Gasteiger partial charge is 0.356 e. The minimum absolute atomic E-state index is 0. The summed E-state index contributed by atoms with van der Waals surface area (Å²) in [6.07, 6.45) is 0.682. The number of nitrogens with one attached hydrogen (secondary N) is 2. The Morgan fingerprint density at radius 3 is 2.86 bits per heavy atom. The predicted octanol–water partition coefficient (Wildman–Crippen LogP) is 2.57. The maximum atomic E-state index is 5.07. The van der Waals surface area contributed by atoms with Gasteiger partial charge in [-0.3, -0.25) is 4.99 Å². The Labute approximate surface area is 151 Å². The van der Waals surface area contributed by atoms with Gasteiger partial charge in [0, 0.05) is 26.6 Å². The summed E-state index contributed by atoms with van der Waals surface area (Å²) in [5.74, 6) is 2.54. The number of rotatable bonds is 6. The molecule has 2 aromatic heterocycles. The molecule has 0 aliphatic rings. The van der Waals surface area contributed by atoms with Crippen molar-refractivity contribution in [3.8, 4) is 0 Å². The van der Waals surface area contributed by atoms with Crippen LogP contribution in [-0.2, 0) is 6.42 Å². The lowest BCUT2D eigenvalue weighted by molar-refractivity contribution is 0.374. The van der Waals surface area contributed by atoms with E-state index >= 15 is 0 Å². The van der Waals surface area contributed by atoms with E-state index in [9.17, 15) is 0 Å². The molecule has 0 saturated heterocycles. The fourth-order valence-corrected chi connectivity index (χ4v) is 2.66. The molecule has 2 heterocycles. The Balaban J connectivity index is 0.00000242. The third kappa shape index (κ3) is 5.91. The summed E-state index contributed by atoms with van der Waals surface area (Å²) in [7, 11) is 1.77. The van der Waals surface area contributed by atoms with Crippen LogP contribution >= 0.6 is 35.3 Å². The van der Waals surface area contributed by atoms with Crippen molar-refractivity contribution in [2.45, 2.75) is 26.2 Å². The molecule has 2 N–H and O–H groups in total. The smallest absolute Gasteiger partial charge is 0.228 e. The van der Waals surface area contributed by atoms with Crippen molar-refractivity contribution in [2.75, 3.05) is 20.1 Å². The Kier molecular flexibility index (Phi) is 8.39. The van der Waals surface area contributed by atoms with Gasteiger partial charge in [-0.15, -0.1) is 24.0 Å². The van der Waals surface area contributed by atoms with Crippen LogP contribution < -0.4 is 10.6 Å². The van der Waals surface area contributed by atoms with Crippen molar-refractivity contribution in [3.05, 3.63) is 34.1 Å². The van der Waals surface area contributed by atoms with Crippen LogP contribution in [0.25, 0.3) is 0 Å². The number of aromatic nitrogens is 2. The predicted molar refractivity (Wildman–Crippen MR) is 100 cm³/mol. The first-order chi connectivity index (χ1) is 10.2. The Morgan fingerprint density at radius 2 is 2.27 bits per heavy atom. The van der Waals surface area contributed by atoms with Crippen molar-refractivity contribution in [2.24, 2.45) is 4.99 Å². The monoisotopic (exact) mass is 435 g/mol. The molecule has 0 fully saturated rings. The zero-order valence-electron chi connectivity index (χ0n) is 13.0. The van der Waals surface area contributed by atoms with Crippen LogP contribution in [0, 0.1) is 6.92 Å². The fourth-order valence-electron chi connectivity index (χ4n) is 1.87. The second kappa shape index (κ2) is 9.78. The minimum atomic E-state index is 0. The van der Waals surface area contributed by atoms with Crippen molar-refractivity contribution in [1.29, 1.82) is 0 Å². The zero-order valence-corrected chi connectivity index (χ0v) is 16.1. The van der Waals surface area contributed by atoms with Gasteiger partial charge in [0.05, 0.1) is 0 Å². The number of nitrogens with zero attached hydrogens (tertiary/aromatic N) is 3. The lowest BCUT2D eigenvalue weighted by atomic mass is 10.1. The zero-order chi connectivity index (χ0) is 15.1. The highest BCUT2D eigenvalue weighted by atomic mass is 127.